The molecule has 29 heavy (non-hydrogen) atoms. The van der Waals surface area contributed by atoms with Crippen LogP contribution in [0.15, 0.2) is 24.8 Å². The molecule has 0 fully saturated rings. The van der Waals surface area contributed by atoms with E-state index in [4.69, 9.17) is 39.4 Å². The van der Waals surface area contributed by atoms with Gasteiger partial charge in [-0.2, -0.15) is 0 Å². The van der Waals surface area contributed by atoms with Crippen LogP contribution in [0.5, 0.6) is 5.75 Å². The smallest absolute Gasteiger partial charge is 0.165 e. The Morgan fingerprint density at radius 2 is 2.00 bits per heavy atom. The number of nitrogens with zero attached hydrogens (tertiary/aromatic N) is 5. The number of hydrogen-bond donors (Lipinski definition) is 2. The molecule has 10 heteroatoms. The second-order valence-electron chi connectivity index (χ2n) is 7.15. The van der Waals surface area contributed by atoms with Gasteiger partial charge in [0.05, 0.1) is 29.5 Å². The summed E-state index contributed by atoms with van der Waals surface area (Å²) in [5.41, 5.74) is 13.9. The van der Waals surface area contributed by atoms with Crippen molar-refractivity contribution in [1.82, 2.24) is 24.4 Å². The molecule has 0 amide bonds. The molecular formula is C19H25Cl2N7O. The number of halogens is 2. The lowest BCUT2D eigenvalue weighted by Gasteiger charge is -2.18. The first-order valence-corrected chi connectivity index (χ1v) is 10.0. The van der Waals surface area contributed by atoms with E-state index in [0.717, 1.165) is 24.9 Å². The lowest BCUT2D eigenvalue weighted by molar-refractivity contribution is 0.287. The molecule has 0 aliphatic heterocycles. The van der Waals surface area contributed by atoms with Crippen LogP contribution in [0, 0.1) is 0 Å². The summed E-state index contributed by atoms with van der Waals surface area (Å²) < 4.78 is 7.85. The minimum atomic E-state index is 0.115. The first kappa shape index (κ1) is 21.6. The SMILES string of the molecule is CN(C)C[C@H](N)CCCOc1ccc(Cl)c(Cl)c1Cn1cnc2c(N)ncnc21. The van der Waals surface area contributed by atoms with Crippen LogP contribution in [-0.4, -0.2) is 57.7 Å². The van der Waals surface area contributed by atoms with Crippen molar-refractivity contribution in [3.8, 4) is 5.75 Å². The molecule has 0 saturated carbocycles. The highest BCUT2D eigenvalue weighted by molar-refractivity contribution is 6.42. The summed E-state index contributed by atoms with van der Waals surface area (Å²) in [6.45, 7) is 1.77. The molecule has 4 N–H and O–H groups in total. The number of fused-ring (bicyclic) bond motifs is 1. The highest BCUT2D eigenvalue weighted by atomic mass is 35.5. The van der Waals surface area contributed by atoms with Crippen LogP contribution in [0.4, 0.5) is 5.82 Å². The molecule has 1 aromatic carbocycles. The van der Waals surface area contributed by atoms with Crippen molar-refractivity contribution >= 4 is 40.2 Å². The molecule has 0 bridgehead atoms. The molecule has 0 saturated heterocycles. The Kier molecular flexibility index (Phi) is 7.13. The predicted molar refractivity (Wildman–Crippen MR) is 117 cm³/mol. The van der Waals surface area contributed by atoms with Crippen LogP contribution < -0.4 is 16.2 Å². The van der Waals surface area contributed by atoms with E-state index >= 15 is 0 Å². The zero-order chi connectivity index (χ0) is 21.0. The molecule has 1 atom stereocenters. The number of nitrogens with two attached hydrogens (primary N) is 2. The van der Waals surface area contributed by atoms with E-state index in [9.17, 15) is 0 Å². The fourth-order valence-corrected chi connectivity index (χ4v) is 3.52. The first-order chi connectivity index (χ1) is 13.9. The maximum Gasteiger partial charge on any atom is 0.165 e. The quantitative estimate of drug-likeness (QED) is 0.495. The zero-order valence-electron chi connectivity index (χ0n) is 16.5. The van der Waals surface area contributed by atoms with Gasteiger partial charge < -0.3 is 25.7 Å². The van der Waals surface area contributed by atoms with Gasteiger partial charge in [-0.1, -0.05) is 23.2 Å². The van der Waals surface area contributed by atoms with Gasteiger partial charge in [0.15, 0.2) is 11.5 Å². The molecule has 0 spiro atoms. The lowest BCUT2D eigenvalue weighted by Crippen LogP contribution is -2.33. The topological polar surface area (TPSA) is 108 Å². The Hall–Kier alpha value is -2.13. The molecular weight excluding hydrogens is 413 g/mol. The number of nitrogen functional groups attached to an aromatic ring is 1. The van der Waals surface area contributed by atoms with Crippen molar-refractivity contribution in [2.24, 2.45) is 5.73 Å². The standard InChI is InChI=1S/C19H25Cl2N7O/c1-27(2)8-12(22)4-3-7-29-15-6-5-14(20)16(21)13(15)9-28-11-26-17-18(23)24-10-25-19(17)28/h5-6,10-12H,3-4,7-9,22H2,1-2H3,(H2,23,24,25)/t12-/m1/s1. The highest BCUT2D eigenvalue weighted by Crippen LogP contribution is 2.34. The molecule has 2 heterocycles. The summed E-state index contributed by atoms with van der Waals surface area (Å²) in [4.78, 5) is 14.6. The van der Waals surface area contributed by atoms with Crippen molar-refractivity contribution in [1.29, 1.82) is 0 Å². The van der Waals surface area contributed by atoms with Crippen LogP contribution in [0.3, 0.4) is 0 Å². The summed E-state index contributed by atoms with van der Waals surface area (Å²) >= 11 is 12.7. The van der Waals surface area contributed by atoms with Gasteiger partial charge in [-0.05, 0) is 39.1 Å². The number of hydrogen-bond acceptors (Lipinski definition) is 7. The van der Waals surface area contributed by atoms with Gasteiger partial charge in [-0.3, -0.25) is 0 Å². The molecule has 8 nitrogen and oxygen atoms in total. The third-order valence-electron chi connectivity index (χ3n) is 4.49. The van der Waals surface area contributed by atoms with E-state index in [1.807, 2.05) is 24.7 Å². The Labute approximate surface area is 179 Å². The van der Waals surface area contributed by atoms with E-state index in [1.54, 1.807) is 12.4 Å². The van der Waals surface area contributed by atoms with Gasteiger partial charge in [0, 0.05) is 18.2 Å². The van der Waals surface area contributed by atoms with E-state index in [0.29, 0.717) is 45.9 Å². The van der Waals surface area contributed by atoms with Gasteiger partial charge in [-0.15, -0.1) is 0 Å². The maximum absolute atomic E-state index is 6.49. The number of benzene rings is 1. The number of imidazole rings is 1. The molecule has 156 valence electrons. The summed E-state index contributed by atoms with van der Waals surface area (Å²) in [6.07, 6.45) is 4.77. The largest absolute Gasteiger partial charge is 0.493 e. The maximum atomic E-state index is 6.49. The Morgan fingerprint density at radius 3 is 2.76 bits per heavy atom. The summed E-state index contributed by atoms with van der Waals surface area (Å²) in [6, 6.07) is 3.67. The molecule has 0 aliphatic carbocycles. The number of ether oxygens (including phenoxy) is 1. The fourth-order valence-electron chi connectivity index (χ4n) is 3.13. The molecule has 0 aliphatic rings. The molecule has 0 unspecified atom stereocenters. The zero-order valence-corrected chi connectivity index (χ0v) is 18.0. The third kappa shape index (κ3) is 5.27. The predicted octanol–water partition coefficient (Wildman–Crippen LogP) is 2.81. The van der Waals surface area contributed by atoms with Crippen LogP contribution in [0.1, 0.15) is 18.4 Å². The van der Waals surface area contributed by atoms with Gasteiger partial charge in [0.25, 0.3) is 0 Å². The number of likely N-dealkylation sites (N-methyl/N-ethyl adjacent to an activating group) is 1. The van der Waals surface area contributed by atoms with Gasteiger partial charge in [0.1, 0.15) is 17.6 Å². The Bertz CT molecular complexity index is 977. The minimum Gasteiger partial charge on any atom is -0.493 e. The minimum absolute atomic E-state index is 0.115. The van der Waals surface area contributed by atoms with Crippen LogP contribution >= 0.6 is 23.2 Å². The van der Waals surface area contributed by atoms with Gasteiger partial charge in [-0.25, -0.2) is 15.0 Å². The second kappa shape index (κ2) is 9.58. The van der Waals surface area contributed by atoms with Gasteiger partial charge in [0.2, 0.25) is 0 Å². The molecule has 0 radical (unpaired) electrons. The van der Waals surface area contributed by atoms with E-state index in [1.165, 1.54) is 6.33 Å². The van der Waals surface area contributed by atoms with Crippen molar-refractivity contribution in [3.63, 3.8) is 0 Å². The van der Waals surface area contributed by atoms with Crippen molar-refractivity contribution in [2.45, 2.75) is 25.4 Å². The second-order valence-corrected chi connectivity index (χ2v) is 7.94. The average molecular weight is 438 g/mol. The number of anilines is 1. The molecule has 3 rings (SSSR count). The van der Waals surface area contributed by atoms with Crippen LogP contribution in [-0.2, 0) is 6.54 Å². The van der Waals surface area contributed by atoms with Crippen molar-refractivity contribution < 1.29 is 4.74 Å². The monoisotopic (exact) mass is 437 g/mol. The Morgan fingerprint density at radius 1 is 1.21 bits per heavy atom. The lowest BCUT2D eigenvalue weighted by atomic mass is 10.1. The van der Waals surface area contributed by atoms with Gasteiger partial charge >= 0.3 is 0 Å². The summed E-state index contributed by atoms with van der Waals surface area (Å²) in [7, 11) is 4.02. The first-order valence-electron chi connectivity index (χ1n) is 9.28. The average Bonchev–Trinajstić information content (AvgIpc) is 3.08. The van der Waals surface area contributed by atoms with E-state index in [2.05, 4.69) is 19.9 Å². The normalized spacial score (nSPS) is 12.6. The third-order valence-corrected chi connectivity index (χ3v) is 5.33. The van der Waals surface area contributed by atoms with E-state index in [-0.39, 0.29) is 6.04 Å². The Balaban J connectivity index is 1.74. The van der Waals surface area contributed by atoms with Crippen molar-refractivity contribution in [2.75, 3.05) is 33.0 Å². The number of aromatic nitrogens is 4. The molecule has 2 aromatic heterocycles. The molecule has 3 aromatic rings. The summed E-state index contributed by atoms with van der Waals surface area (Å²) in [5, 5.41) is 0.901. The van der Waals surface area contributed by atoms with Crippen LogP contribution in [0.25, 0.3) is 11.2 Å². The highest BCUT2D eigenvalue weighted by Gasteiger charge is 2.16. The van der Waals surface area contributed by atoms with Crippen LogP contribution in [0.2, 0.25) is 10.0 Å². The van der Waals surface area contributed by atoms with Crippen molar-refractivity contribution in [3.05, 3.63) is 40.4 Å². The fraction of sp³-hybridized carbons (Fsp3) is 0.421. The summed E-state index contributed by atoms with van der Waals surface area (Å²) in [5.74, 6) is 1.00. The number of rotatable bonds is 9. The van der Waals surface area contributed by atoms with E-state index < -0.39 is 0 Å².